The zero-order valence-corrected chi connectivity index (χ0v) is 11.5. The van der Waals surface area contributed by atoms with Crippen molar-refractivity contribution in [1.29, 1.82) is 0 Å². The predicted octanol–water partition coefficient (Wildman–Crippen LogP) is 2.49. The van der Waals surface area contributed by atoms with Crippen LogP contribution in [0, 0.1) is 0 Å². The van der Waals surface area contributed by atoms with Crippen LogP contribution < -0.4 is 0 Å². The number of piperidine rings is 1. The fourth-order valence-corrected chi connectivity index (χ4v) is 2.18. The minimum Gasteiger partial charge on any atom is -0.440 e. The molecule has 0 bridgehead atoms. The highest BCUT2D eigenvalue weighted by Crippen LogP contribution is 2.19. The molecule has 0 unspecified atom stereocenters. The van der Waals surface area contributed by atoms with Crippen LogP contribution in [0.2, 0.25) is 0 Å². The lowest BCUT2D eigenvalue weighted by Gasteiger charge is -2.38. The molecule has 1 fully saturated rings. The number of amides is 1. The van der Waals surface area contributed by atoms with Gasteiger partial charge in [-0.15, -0.1) is 0 Å². The topological polar surface area (TPSA) is 32.8 Å². The standard InChI is InChI=1S/C12H21F3N2O2/c1-9(2)17-6-4-10(5-7-17)16(3)11(18)19-8-12(13,14)15/h9-10H,4-8H2,1-3H3. The monoisotopic (exact) mass is 282 g/mol. The summed E-state index contributed by atoms with van der Waals surface area (Å²) in [4.78, 5) is 15.1. The van der Waals surface area contributed by atoms with E-state index in [1.807, 2.05) is 0 Å². The third-order valence-corrected chi connectivity index (χ3v) is 3.42. The van der Waals surface area contributed by atoms with Crippen molar-refractivity contribution in [3.63, 3.8) is 0 Å². The summed E-state index contributed by atoms with van der Waals surface area (Å²) < 4.78 is 40.1. The third kappa shape index (κ3) is 5.26. The number of nitrogens with zero attached hydrogens (tertiary/aromatic N) is 2. The second kappa shape index (κ2) is 6.45. The van der Waals surface area contributed by atoms with E-state index in [4.69, 9.17) is 0 Å². The molecule has 1 rings (SSSR count). The Labute approximate surface area is 111 Å². The van der Waals surface area contributed by atoms with E-state index in [2.05, 4.69) is 23.5 Å². The van der Waals surface area contributed by atoms with Gasteiger partial charge in [-0.25, -0.2) is 4.79 Å². The van der Waals surface area contributed by atoms with Gasteiger partial charge in [0.2, 0.25) is 0 Å². The van der Waals surface area contributed by atoms with Gasteiger partial charge in [0.25, 0.3) is 0 Å². The maximum absolute atomic E-state index is 12.0. The molecule has 0 spiro atoms. The Bertz CT molecular complexity index is 300. The summed E-state index contributed by atoms with van der Waals surface area (Å²) in [7, 11) is 1.49. The van der Waals surface area contributed by atoms with Gasteiger partial charge in [0.15, 0.2) is 6.61 Å². The molecule has 1 amide bonds. The van der Waals surface area contributed by atoms with Gasteiger partial charge in [-0.05, 0) is 26.7 Å². The van der Waals surface area contributed by atoms with E-state index in [0.29, 0.717) is 6.04 Å². The first-order valence-corrected chi connectivity index (χ1v) is 6.41. The molecule has 0 aliphatic carbocycles. The molecule has 0 N–H and O–H groups in total. The molecule has 0 aromatic carbocycles. The van der Waals surface area contributed by atoms with Crippen molar-refractivity contribution >= 4 is 6.09 Å². The molecule has 0 aromatic rings. The van der Waals surface area contributed by atoms with E-state index >= 15 is 0 Å². The SMILES string of the molecule is CC(C)N1CCC(N(C)C(=O)OCC(F)(F)F)CC1. The van der Waals surface area contributed by atoms with Crippen LogP contribution in [0.25, 0.3) is 0 Å². The number of rotatable bonds is 3. The van der Waals surface area contributed by atoms with E-state index < -0.39 is 18.9 Å². The highest BCUT2D eigenvalue weighted by atomic mass is 19.4. The molecule has 112 valence electrons. The lowest BCUT2D eigenvalue weighted by atomic mass is 10.0. The molecule has 0 radical (unpaired) electrons. The average Bonchev–Trinajstić information content (AvgIpc) is 2.34. The van der Waals surface area contributed by atoms with Crippen molar-refractivity contribution < 1.29 is 22.7 Å². The highest BCUT2D eigenvalue weighted by Gasteiger charge is 2.32. The summed E-state index contributed by atoms with van der Waals surface area (Å²) in [5.41, 5.74) is 0. The maximum atomic E-state index is 12.0. The second-order valence-corrected chi connectivity index (χ2v) is 5.14. The van der Waals surface area contributed by atoms with Gasteiger partial charge in [-0.2, -0.15) is 13.2 Å². The van der Waals surface area contributed by atoms with Crippen LogP contribution in [0.1, 0.15) is 26.7 Å². The van der Waals surface area contributed by atoms with Gasteiger partial charge in [0, 0.05) is 32.2 Å². The van der Waals surface area contributed by atoms with E-state index in [0.717, 1.165) is 25.9 Å². The quantitative estimate of drug-likeness (QED) is 0.797. The Balaban J connectivity index is 2.38. The summed E-state index contributed by atoms with van der Waals surface area (Å²) in [5, 5.41) is 0. The Hall–Kier alpha value is -0.980. The Morgan fingerprint density at radius 3 is 2.32 bits per heavy atom. The zero-order valence-electron chi connectivity index (χ0n) is 11.5. The van der Waals surface area contributed by atoms with E-state index in [-0.39, 0.29) is 6.04 Å². The normalized spacial score (nSPS) is 18.7. The molecule has 4 nitrogen and oxygen atoms in total. The van der Waals surface area contributed by atoms with Crippen molar-refractivity contribution in [1.82, 2.24) is 9.80 Å². The third-order valence-electron chi connectivity index (χ3n) is 3.42. The lowest BCUT2D eigenvalue weighted by Crippen LogP contribution is -2.47. The Morgan fingerprint density at radius 1 is 1.37 bits per heavy atom. The Kier molecular flexibility index (Phi) is 5.46. The zero-order chi connectivity index (χ0) is 14.6. The van der Waals surface area contributed by atoms with Crippen molar-refractivity contribution in [2.45, 2.75) is 44.9 Å². The van der Waals surface area contributed by atoms with Crippen LogP contribution in [0.4, 0.5) is 18.0 Å². The first-order valence-electron chi connectivity index (χ1n) is 6.41. The fraction of sp³-hybridized carbons (Fsp3) is 0.917. The number of alkyl halides is 3. The maximum Gasteiger partial charge on any atom is 0.422 e. The first-order chi connectivity index (χ1) is 8.70. The highest BCUT2D eigenvalue weighted by molar-refractivity contribution is 5.67. The van der Waals surface area contributed by atoms with Crippen molar-refractivity contribution in [3.8, 4) is 0 Å². The molecule has 0 saturated carbocycles. The number of ether oxygens (including phenoxy) is 1. The summed E-state index contributed by atoms with van der Waals surface area (Å²) in [5.74, 6) is 0. The average molecular weight is 282 g/mol. The number of likely N-dealkylation sites (tertiary alicyclic amines) is 1. The molecule has 0 aromatic heterocycles. The van der Waals surface area contributed by atoms with Crippen LogP contribution in [0.5, 0.6) is 0 Å². The summed E-state index contributed by atoms with van der Waals surface area (Å²) >= 11 is 0. The smallest absolute Gasteiger partial charge is 0.422 e. The number of carbonyl (C=O) groups excluding carboxylic acids is 1. The molecule has 0 atom stereocenters. The predicted molar refractivity (Wildman–Crippen MR) is 64.9 cm³/mol. The minimum atomic E-state index is -4.47. The van der Waals surface area contributed by atoms with Crippen LogP contribution >= 0.6 is 0 Å². The largest absolute Gasteiger partial charge is 0.440 e. The molecule has 1 heterocycles. The molecular formula is C12H21F3N2O2. The van der Waals surface area contributed by atoms with Gasteiger partial charge < -0.3 is 14.5 Å². The van der Waals surface area contributed by atoms with Gasteiger partial charge in [-0.3, -0.25) is 0 Å². The number of halogens is 3. The van der Waals surface area contributed by atoms with Gasteiger partial charge >= 0.3 is 12.3 Å². The van der Waals surface area contributed by atoms with Gasteiger partial charge in [-0.1, -0.05) is 0 Å². The first kappa shape index (κ1) is 16.1. The van der Waals surface area contributed by atoms with Crippen molar-refractivity contribution in [2.24, 2.45) is 0 Å². The molecule has 1 aliphatic heterocycles. The van der Waals surface area contributed by atoms with Crippen molar-refractivity contribution in [3.05, 3.63) is 0 Å². The second-order valence-electron chi connectivity index (χ2n) is 5.14. The van der Waals surface area contributed by atoms with E-state index in [9.17, 15) is 18.0 Å². The van der Waals surface area contributed by atoms with Gasteiger partial charge in [0.1, 0.15) is 0 Å². The fourth-order valence-electron chi connectivity index (χ4n) is 2.18. The summed E-state index contributed by atoms with van der Waals surface area (Å²) in [6.45, 7) is 4.36. The van der Waals surface area contributed by atoms with E-state index in [1.54, 1.807) is 0 Å². The minimum absolute atomic E-state index is 0.0456. The van der Waals surface area contributed by atoms with Crippen LogP contribution in [-0.4, -0.2) is 60.9 Å². The number of hydrogen-bond donors (Lipinski definition) is 0. The number of carbonyl (C=O) groups is 1. The Morgan fingerprint density at radius 2 is 1.89 bits per heavy atom. The van der Waals surface area contributed by atoms with E-state index in [1.165, 1.54) is 11.9 Å². The molecule has 19 heavy (non-hydrogen) atoms. The lowest BCUT2D eigenvalue weighted by molar-refractivity contribution is -0.162. The van der Waals surface area contributed by atoms with Crippen LogP contribution in [0.15, 0.2) is 0 Å². The summed E-state index contributed by atoms with van der Waals surface area (Å²) in [6, 6.07) is 0.402. The number of hydrogen-bond acceptors (Lipinski definition) is 3. The van der Waals surface area contributed by atoms with Crippen LogP contribution in [-0.2, 0) is 4.74 Å². The van der Waals surface area contributed by atoms with Crippen molar-refractivity contribution in [2.75, 3.05) is 26.7 Å². The molecule has 1 aliphatic rings. The molecule has 7 heteroatoms. The molecule has 1 saturated heterocycles. The summed E-state index contributed by atoms with van der Waals surface area (Å²) in [6.07, 6.45) is -3.86. The molecular weight excluding hydrogens is 261 g/mol. The van der Waals surface area contributed by atoms with Gasteiger partial charge in [0.05, 0.1) is 0 Å². The van der Waals surface area contributed by atoms with Crippen LogP contribution in [0.3, 0.4) is 0 Å².